The molecule has 1 aromatic heterocycles. The molecule has 258 valence electrons. The number of ether oxygens (including phenoxy) is 2. The van der Waals surface area contributed by atoms with Crippen molar-refractivity contribution in [2.24, 2.45) is 17.3 Å². The van der Waals surface area contributed by atoms with E-state index in [0.29, 0.717) is 38.1 Å². The normalized spacial score (nSPS) is 18.5. The Labute approximate surface area is 284 Å². The highest BCUT2D eigenvalue weighted by atomic mass is 28.4. The van der Waals surface area contributed by atoms with E-state index in [0.717, 1.165) is 0 Å². The Morgan fingerprint density at radius 3 is 2.02 bits per heavy atom. The van der Waals surface area contributed by atoms with Crippen LogP contribution >= 0.6 is 0 Å². The Bertz CT molecular complexity index is 1550. The molecule has 1 saturated carbocycles. The van der Waals surface area contributed by atoms with E-state index in [1.54, 1.807) is 27.7 Å². The van der Waals surface area contributed by atoms with Gasteiger partial charge in [-0.25, -0.2) is 4.98 Å². The van der Waals surface area contributed by atoms with Gasteiger partial charge in [-0.2, -0.15) is 4.98 Å². The topological polar surface area (TPSA) is 131 Å². The third-order valence-corrected chi connectivity index (χ3v) is 14.1. The van der Waals surface area contributed by atoms with Crippen molar-refractivity contribution in [2.45, 2.75) is 92.2 Å². The Balaban J connectivity index is 1.54. The first kappa shape index (κ1) is 36.9. The predicted octanol–water partition coefficient (Wildman–Crippen LogP) is 6.29. The summed E-state index contributed by atoms with van der Waals surface area (Å²) in [6.45, 7) is 15.8. The molecule has 0 N–H and O–H groups in total. The number of esters is 1. The predicted molar refractivity (Wildman–Crippen MR) is 187 cm³/mol. The zero-order valence-corrected chi connectivity index (χ0v) is 30.4. The number of hydrogen-bond acceptors (Lipinski definition) is 9. The molecular weight excluding hydrogens is 627 g/mol. The van der Waals surface area contributed by atoms with Crippen LogP contribution in [0.2, 0.25) is 5.04 Å². The first-order valence-electron chi connectivity index (χ1n) is 16.7. The van der Waals surface area contributed by atoms with E-state index in [1.165, 1.54) is 17.3 Å². The number of carbonyl (C=O) groups is 2. The molecule has 0 unspecified atom stereocenters. The monoisotopic (exact) mass is 675 g/mol. The summed E-state index contributed by atoms with van der Waals surface area (Å²) in [5, 5.41) is 14.1. The lowest BCUT2D eigenvalue weighted by atomic mass is 9.97. The third kappa shape index (κ3) is 8.18. The number of nitrogens with zero attached hydrogens (tertiary/aromatic N) is 3. The van der Waals surface area contributed by atoms with E-state index in [1.807, 2.05) is 12.1 Å². The van der Waals surface area contributed by atoms with Crippen LogP contribution in [0.25, 0.3) is 0 Å². The van der Waals surface area contributed by atoms with Crippen molar-refractivity contribution >= 4 is 36.1 Å². The van der Waals surface area contributed by atoms with Gasteiger partial charge in [-0.3, -0.25) is 19.7 Å². The largest absolute Gasteiger partial charge is 0.465 e. The van der Waals surface area contributed by atoms with Gasteiger partial charge in [0.05, 0.1) is 16.9 Å². The molecule has 0 amide bonds. The highest BCUT2D eigenvalue weighted by molar-refractivity contribution is 6.99. The zero-order chi connectivity index (χ0) is 35.3. The number of rotatable bonds is 13. The number of Topliss-reactive ketones (excluding diaryl/α,β-unsaturated/α-hetero) is 1. The molecule has 48 heavy (non-hydrogen) atoms. The number of hydrogen-bond donors (Lipinski definition) is 0. The molecule has 0 radical (unpaired) electrons. The average molecular weight is 676 g/mol. The van der Waals surface area contributed by atoms with Gasteiger partial charge in [0.15, 0.2) is 11.9 Å². The fourth-order valence-electron chi connectivity index (χ4n) is 6.68. The van der Waals surface area contributed by atoms with Crippen LogP contribution < -0.4 is 15.1 Å². The van der Waals surface area contributed by atoms with Crippen molar-refractivity contribution in [2.75, 3.05) is 13.2 Å². The summed E-state index contributed by atoms with van der Waals surface area (Å²) in [7, 11) is -2.73. The average Bonchev–Trinajstić information content (AvgIpc) is 3.29. The van der Waals surface area contributed by atoms with Crippen LogP contribution in [0.4, 0.5) is 5.69 Å². The van der Waals surface area contributed by atoms with Crippen LogP contribution in [-0.4, -0.2) is 54.3 Å². The van der Waals surface area contributed by atoms with E-state index in [9.17, 15) is 19.7 Å². The van der Waals surface area contributed by atoms with E-state index in [2.05, 4.69) is 79.3 Å². The molecule has 0 aliphatic heterocycles. The van der Waals surface area contributed by atoms with Gasteiger partial charge >= 0.3 is 11.7 Å². The van der Waals surface area contributed by atoms with Crippen molar-refractivity contribution in [3.8, 4) is 5.88 Å². The maximum absolute atomic E-state index is 13.9. The molecule has 1 heterocycles. The first-order valence-corrected chi connectivity index (χ1v) is 18.6. The first-order chi connectivity index (χ1) is 22.6. The van der Waals surface area contributed by atoms with Gasteiger partial charge in [0.1, 0.15) is 11.5 Å². The number of benzene rings is 2. The van der Waals surface area contributed by atoms with Crippen LogP contribution in [0.3, 0.4) is 0 Å². The number of aromatic nitrogens is 2. The second kappa shape index (κ2) is 15.1. The number of ketones is 1. The van der Waals surface area contributed by atoms with Gasteiger partial charge in [-0.05, 0) is 75.7 Å². The van der Waals surface area contributed by atoms with Crippen molar-refractivity contribution < 1.29 is 28.4 Å². The molecular formula is C37H49N3O7Si. The SMILES string of the molecule is Cc1nc(C)c([N+](=O)[O-])c(O[C@@H]2C(=O)[C@H](CCCO[Si](c3ccccc3)(c3ccccc3)C(C)(C)C)C[C@H]2CCOC(=O)C(C)(C)C)n1. The smallest absolute Gasteiger partial charge is 0.351 e. The van der Waals surface area contributed by atoms with Crippen LogP contribution in [0.15, 0.2) is 60.7 Å². The molecule has 11 heteroatoms. The molecule has 2 aromatic carbocycles. The number of nitro groups is 1. The van der Waals surface area contributed by atoms with E-state index >= 15 is 0 Å². The van der Waals surface area contributed by atoms with Crippen LogP contribution in [0.5, 0.6) is 5.88 Å². The minimum absolute atomic E-state index is 0.113. The number of carbonyl (C=O) groups excluding carboxylic acids is 2. The Kier molecular flexibility index (Phi) is 11.6. The maximum Gasteiger partial charge on any atom is 0.351 e. The summed E-state index contributed by atoms with van der Waals surface area (Å²) >= 11 is 0. The third-order valence-electron chi connectivity index (χ3n) is 9.02. The van der Waals surface area contributed by atoms with Crippen molar-refractivity contribution in [3.63, 3.8) is 0 Å². The number of aryl methyl sites for hydroxylation is 2. The van der Waals surface area contributed by atoms with Gasteiger partial charge in [-0.1, -0.05) is 81.4 Å². The lowest BCUT2D eigenvalue weighted by molar-refractivity contribution is -0.387. The van der Waals surface area contributed by atoms with Crippen molar-refractivity contribution in [1.82, 2.24) is 9.97 Å². The van der Waals surface area contributed by atoms with Crippen LogP contribution in [0, 0.1) is 41.2 Å². The molecule has 10 nitrogen and oxygen atoms in total. The highest BCUT2D eigenvalue weighted by Gasteiger charge is 2.50. The minimum Gasteiger partial charge on any atom is -0.465 e. The second-order valence-corrected chi connectivity index (χ2v) is 19.0. The van der Waals surface area contributed by atoms with E-state index in [4.69, 9.17) is 13.9 Å². The lowest BCUT2D eigenvalue weighted by Crippen LogP contribution is -2.66. The molecule has 0 bridgehead atoms. The molecule has 3 aromatic rings. The summed E-state index contributed by atoms with van der Waals surface area (Å²) in [6, 6.07) is 20.8. The molecule has 1 aliphatic carbocycles. The van der Waals surface area contributed by atoms with Gasteiger partial charge in [0.2, 0.25) is 0 Å². The molecule has 1 fully saturated rings. The molecule has 3 atom stereocenters. The summed E-state index contributed by atoms with van der Waals surface area (Å²) < 4.78 is 18.7. The minimum atomic E-state index is -2.73. The van der Waals surface area contributed by atoms with Crippen LogP contribution in [-0.2, 0) is 18.8 Å². The molecule has 1 aliphatic rings. The van der Waals surface area contributed by atoms with E-state index in [-0.39, 0.29) is 52.5 Å². The highest BCUT2D eigenvalue weighted by Crippen LogP contribution is 2.40. The van der Waals surface area contributed by atoms with Gasteiger partial charge in [0.25, 0.3) is 14.2 Å². The quantitative estimate of drug-likeness (QED) is 0.0674. The maximum atomic E-state index is 13.9. The van der Waals surface area contributed by atoms with Gasteiger partial charge in [0, 0.05) is 18.4 Å². The molecule has 0 spiro atoms. The lowest BCUT2D eigenvalue weighted by Gasteiger charge is -2.43. The molecule has 4 rings (SSSR count). The Morgan fingerprint density at radius 1 is 0.917 bits per heavy atom. The molecule has 0 saturated heterocycles. The Morgan fingerprint density at radius 2 is 1.50 bits per heavy atom. The summed E-state index contributed by atoms with van der Waals surface area (Å²) in [5.41, 5.74) is -0.847. The fourth-order valence-corrected chi connectivity index (χ4v) is 11.3. The fraction of sp³-hybridized carbons (Fsp3) is 0.514. The Hall–Kier alpha value is -3.96. The second-order valence-electron chi connectivity index (χ2n) is 14.7. The summed E-state index contributed by atoms with van der Waals surface area (Å²) in [5.74, 6) is -1.02. The van der Waals surface area contributed by atoms with Crippen LogP contribution in [0.1, 0.15) is 78.7 Å². The summed E-state index contributed by atoms with van der Waals surface area (Å²) in [6.07, 6.45) is 1.13. The zero-order valence-electron chi connectivity index (χ0n) is 29.4. The standard InChI is InChI=1S/C37H49N3O7Si/c1-25-31(40(43)44)34(39-26(2)38-25)47-33-28(21-23-45-35(42)36(3,4)5)24-27(32(33)41)16-15-22-46-48(37(6,7)8,29-17-11-9-12-18-29)30-19-13-10-14-20-30/h9-14,17-20,27-28,33H,15-16,21-24H2,1-8H3/t27-,28-,33+/m1/s1. The van der Waals surface area contributed by atoms with Gasteiger partial charge < -0.3 is 13.9 Å². The van der Waals surface area contributed by atoms with Crippen molar-refractivity contribution in [3.05, 3.63) is 82.3 Å². The summed E-state index contributed by atoms with van der Waals surface area (Å²) in [4.78, 5) is 46.1. The van der Waals surface area contributed by atoms with Gasteiger partial charge in [-0.15, -0.1) is 0 Å². The van der Waals surface area contributed by atoms with E-state index < -0.39 is 24.8 Å². The van der Waals surface area contributed by atoms with Crippen molar-refractivity contribution in [1.29, 1.82) is 0 Å².